The first-order valence-corrected chi connectivity index (χ1v) is 31.2. The first-order chi connectivity index (χ1) is 45.6. The molecule has 92 heavy (non-hydrogen) atoms. The van der Waals surface area contributed by atoms with Crippen LogP contribution in [0.3, 0.4) is 0 Å². The molecule has 0 amide bonds. The van der Waals surface area contributed by atoms with Gasteiger partial charge in [0.2, 0.25) is 0 Å². The molecule has 0 bridgehead atoms. The quantitative estimate of drug-likeness (QED) is 0.160. The molecule has 7 heterocycles. The number of fused-ring (bicyclic) bond motifs is 18. The largest absolute Gasteiger partial charge is 0.309 e. The van der Waals surface area contributed by atoms with Crippen molar-refractivity contribution >= 4 is 131 Å². The molecule has 0 radical (unpaired) electrons. The molecular formula is C84H50N8. The lowest BCUT2D eigenvalue weighted by Crippen LogP contribution is -2.06. The van der Waals surface area contributed by atoms with Crippen LogP contribution in [-0.2, 0) is 0 Å². The fourth-order valence-corrected chi connectivity index (χ4v) is 15.7. The van der Waals surface area contributed by atoms with E-state index in [1.54, 1.807) is 0 Å². The molecule has 20 rings (SSSR count). The second-order valence-electron chi connectivity index (χ2n) is 24.2. The summed E-state index contributed by atoms with van der Waals surface area (Å²) < 4.78 is 14.3. The van der Waals surface area contributed by atoms with E-state index in [-0.39, 0.29) is 0 Å². The van der Waals surface area contributed by atoms with Crippen LogP contribution in [0, 0.1) is 11.3 Å². The topological polar surface area (TPSA) is 66.3 Å². The molecular weight excluding hydrogens is 1120 g/mol. The molecule has 0 spiro atoms. The van der Waals surface area contributed by atoms with Gasteiger partial charge < -0.3 is 27.4 Å². The van der Waals surface area contributed by atoms with Crippen LogP contribution in [0.15, 0.2) is 304 Å². The number of pyridine rings is 1. The number of nitriles is 1. The second-order valence-corrected chi connectivity index (χ2v) is 24.2. The summed E-state index contributed by atoms with van der Waals surface area (Å²) in [6, 6.07) is 109. The van der Waals surface area contributed by atoms with Crippen molar-refractivity contribution in [3.63, 3.8) is 0 Å². The van der Waals surface area contributed by atoms with Gasteiger partial charge in [0.25, 0.3) is 0 Å². The Morgan fingerprint density at radius 1 is 0.217 bits per heavy atom. The number of benzene rings is 13. The van der Waals surface area contributed by atoms with Gasteiger partial charge in [-0.3, -0.25) is 4.98 Å². The molecule has 8 nitrogen and oxygen atoms in total. The van der Waals surface area contributed by atoms with Gasteiger partial charge in [-0.2, -0.15) is 5.26 Å². The molecule has 0 saturated heterocycles. The number of rotatable bonds is 7. The monoisotopic (exact) mass is 1170 g/mol. The van der Waals surface area contributed by atoms with Crippen LogP contribution in [-0.4, -0.2) is 32.4 Å². The molecule has 7 aromatic heterocycles. The van der Waals surface area contributed by atoms with Gasteiger partial charge in [0.1, 0.15) is 11.6 Å². The van der Waals surface area contributed by atoms with E-state index in [0.29, 0.717) is 5.56 Å². The molecule has 426 valence electrons. The van der Waals surface area contributed by atoms with Crippen molar-refractivity contribution in [2.24, 2.45) is 0 Å². The van der Waals surface area contributed by atoms with Gasteiger partial charge in [-0.25, -0.2) is 0 Å². The number of nitrogens with zero attached hydrogens (tertiary/aromatic N) is 8. The Morgan fingerprint density at radius 2 is 0.446 bits per heavy atom. The smallest absolute Gasteiger partial charge is 0.104 e. The summed E-state index contributed by atoms with van der Waals surface area (Å²) in [5.41, 5.74) is 20.9. The summed E-state index contributed by atoms with van der Waals surface area (Å²) in [6.07, 6.45) is 3.72. The minimum Gasteiger partial charge on any atom is -0.309 e. The summed E-state index contributed by atoms with van der Waals surface area (Å²) in [5, 5.41) is 26.4. The predicted octanol–water partition coefficient (Wildman–Crippen LogP) is 21.2. The minimum absolute atomic E-state index is 0.523. The molecule has 8 heteroatoms. The van der Waals surface area contributed by atoms with E-state index in [0.717, 1.165) is 133 Å². The van der Waals surface area contributed by atoms with Crippen LogP contribution in [0.4, 0.5) is 0 Å². The van der Waals surface area contributed by atoms with Crippen molar-refractivity contribution in [2.75, 3.05) is 0 Å². The van der Waals surface area contributed by atoms with Crippen LogP contribution in [0.25, 0.3) is 176 Å². The van der Waals surface area contributed by atoms with Crippen LogP contribution >= 0.6 is 0 Å². The zero-order chi connectivity index (χ0) is 60.3. The van der Waals surface area contributed by atoms with E-state index in [4.69, 9.17) is 0 Å². The first kappa shape index (κ1) is 50.3. The van der Waals surface area contributed by atoms with Gasteiger partial charge in [0, 0.05) is 99.8 Å². The molecule has 0 atom stereocenters. The Labute approximate surface area is 526 Å². The van der Waals surface area contributed by atoms with E-state index >= 15 is 0 Å². The normalized spacial score (nSPS) is 12.1. The van der Waals surface area contributed by atoms with E-state index in [2.05, 4.69) is 330 Å². The molecule has 0 aliphatic carbocycles. The fourth-order valence-electron chi connectivity index (χ4n) is 15.7. The molecule has 0 aliphatic rings. The SMILES string of the molecule is N#Cc1c(-n2c3cc(-n4c5ccccc5c5ccccc54)ccc3c3ccc(-n4c5ccccc5c5ccccc54)cc32)cc(-c2ccncc2)cc1-n1c2cc(-n3c4ccccc4c4ccccc43)ccc2c2ccc(-n3c4ccccc4c4ccccc43)cc21. The van der Waals surface area contributed by atoms with Crippen LogP contribution in [0.5, 0.6) is 0 Å². The van der Waals surface area contributed by atoms with Crippen molar-refractivity contribution in [3.8, 4) is 51.3 Å². The standard InChI is InChI=1S/C84H50N8/c85-51-70-79(91-81-47-54(87-71-25-9-1-17-58(71)59-18-2-10-26-72(59)87)33-37-66(81)67-38-34-55(48-82(67)91)88-73-27-11-3-19-60(73)61-20-4-12-28-74(61)88)45-53(52-41-43-86-44-42-52)46-80(70)92-83-49-56(89-75-29-13-5-21-62(75)63-22-6-14-30-76(63)89)35-39-68(83)69-40-36-57(50-84(69)92)90-77-31-15-7-23-64(77)65-24-8-16-32-78(65)90/h1-50H. The number of aromatic nitrogens is 7. The minimum atomic E-state index is 0.523. The summed E-state index contributed by atoms with van der Waals surface area (Å²) in [5.74, 6) is 0. The van der Waals surface area contributed by atoms with Crippen LogP contribution in [0.1, 0.15) is 5.56 Å². The predicted molar refractivity (Wildman–Crippen MR) is 380 cm³/mol. The molecule has 0 fully saturated rings. The molecule has 20 aromatic rings. The van der Waals surface area contributed by atoms with E-state index in [9.17, 15) is 5.26 Å². The van der Waals surface area contributed by atoms with Crippen molar-refractivity contribution in [1.82, 2.24) is 32.4 Å². The highest BCUT2D eigenvalue weighted by Gasteiger charge is 2.26. The molecule has 0 N–H and O–H groups in total. The molecule has 0 unspecified atom stereocenters. The average Bonchev–Trinajstić information content (AvgIpc) is 1.55. The van der Waals surface area contributed by atoms with E-state index < -0.39 is 0 Å². The van der Waals surface area contributed by atoms with Gasteiger partial charge in [-0.1, -0.05) is 170 Å². The maximum absolute atomic E-state index is 12.6. The Kier molecular flexibility index (Phi) is 10.5. The third-order valence-corrected chi connectivity index (χ3v) is 19.5. The Hall–Kier alpha value is -12.7. The fraction of sp³-hybridized carbons (Fsp3) is 0. The lowest BCUT2D eigenvalue weighted by atomic mass is 10.0. The zero-order valence-corrected chi connectivity index (χ0v) is 49.4. The summed E-state index contributed by atoms with van der Waals surface area (Å²) in [7, 11) is 0. The van der Waals surface area contributed by atoms with Crippen LogP contribution < -0.4 is 0 Å². The maximum Gasteiger partial charge on any atom is 0.104 e. The first-order valence-electron chi connectivity index (χ1n) is 31.2. The summed E-state index contributed by atoms with van der Waals surface area (Å²) in [4.78, 5) is 4.55. The highest BCUT2D eigenvalue weighted by molar-refractivity contribution is 6.17. The lowest BCUT2D eigenvalue weighted by molar-refractivity contribution is 1.10. The van der Waals surface area contributed by atoms with Crippen molar-refractivity contribution in [1.29, 1.82) is 5.26 Å². The van der Waals surface area contributed by atoms with Crippen molar-refractivity contribution in [3.05, 3.63) is 309 Å². The molecule has 0 saturated carbocycles. The number of hydrogen-bond acceptors (Lipinski definition) is 2. The van der Waals surface area contributed by atoms with Crippen molar-refractivity contribution in [2.45, 2.75) is 0 Å². The Balaban J connectivity index is 0.935. The van der Waals surface area contributed by atoms with Crippen molar-refractivity contribution < 1.29 is 0 Å². The maximum atomic E-state index is 12.6. The Bertz CT molecular complexity index is 5660. The van der Waals surface area contributed by atoms with Gasteiger partial charge in [-0.05, 0) is 132 Å². The van der Waals surface area contributed by atoms with Gasteiger partial charge in [-0.15, -0.1) is 0 Å². The summed E-state index contributed by atoms with van der Waals surface area (Å²) >= 11 is 0. The highest BCUT2D eigenvalue weighted by atomic mass is 15.1. The average molecular weight is 1170 g/mol. The third kappa shape index (κ3) is 7.01. The Morgan fingerprint density at radius 3 is 0.685 bits per heavy atom. The second kappa shape index (κ2) is 19.2. The molecule has 13 aromatic carbocycles. The van der Waals surface area contributed by atoms with Gasteiger partial charge >= 0.3 is 0 Å². The highest BCUT2D eigenvalue weighted by Crippen LogP contribution is 2.45. The van der Waals surface area contributed by atoms with Gasteiger partial charge in [0.05, 0.1) is 77.6 Å². The van der Waals surface area contributed by atoms with E-state index in [1.165, 1.54) is 43.1 Å². The van der Waals surface area contributed by atoms with E-state index in [1.807, 2.05) is 12.4 Å². The van der Waals surface area contributed by atoms with Crippen LogP contribution in [0.2, 0.25) is 0 Å². The third-order valence-electron chi connectivity index (χ3n) is 19.5. The number of para-hydroxylation sites is 8. The molecule has 0 aliphatic heterocycles. The zero-order valence-electron chi connectivity index (χ0n) is 49.4. The summed E-state index contributed by atoms with van der Waals surface area (Å²) in [6.45, 7) is 0. The lowest BCUT2D eigenvalue weighted by Gasteiger charge is -2.19. The number of hydrogen-bond donors (Lipinski definition) is 0. The van der Waals surface area contributed by atoms with Gasteiger partial charge in [0.15, 0.2) is 0 Å².